The van der Waals surface area contributed by atoms with Gasteiger partial charge in [0, 0.05) is 36.0 Å². The van der Waals surface area contributed by atoms with Gasteiger partial charge in [-0.15, -0.1) is 0 Å². The average molecular weight is 483 g/mol. The van der Waals surface area contributed by atoms with Crippen LogP contribution in [0.1, 0.15) is 85.5 Å². The van der Waals surface area contributed by atoms with Crippen molar-refractivity contribution in [3.05, 3.63) is 76.0 Å². The molecule has 0 spiro atoms. The third-order valence-corrected chi connectivity index (χ3v) is 8.21. The third-order valence-electron chi connectivity index (χ3n) is 8.21. The van der Waals surface area contributed by atoms with Gasteiger partial charge < -0.3 is 10.2 Å². The van der Waals surface area contributed by atoms with Gasteiger partial charge in [-0.05, 0) is 93.5 Å². The molecule has 1 aliphatic carbocycles. The number of piperidine rings is 1. The number of nitrogens with zero attached hydrogens (tertiary/aromatic N) is 3. The first-order valence-corrected chi connectivity index (χ1v) is 14.2. The average Bonchev–Trinajstić information content (AvgIpc) is 2.93. The molecule has 0 saturated carbocycles. The van der Waals surface area contributed by atoms with Crippen molar-refractivity contribution >= 4 is 5.82 Å². The lowest BCUT2D eigenvalue weighted by atomic mass is 9.87. The zero-order chi connectivity index (χ0) is 24.9. The molecule has 1 aromatic heterocycles. The predicted molar refractivity (Wildman–Crippen MR) is 151 cm³/mol. The summed E-state index contributed by atoms with van der Waals surface area (Å²) in [5, 5.41) is 3.89. The Hall–Kier alpha value is -2.72. The molecule has 36 heavy (non-hydrogen) atoms. The van der Waals surface area contributed by atoms with Gasteiger partial charge in [0.1, 0.15) is 5.82 Å². The van der Waals surface area contributed by atoms with Crippen LogP contribution in [0.15, 0.2) is 42.5 Å². The van der Waals surface area contributed by atoms with E-state index in [0.29, 0.717) is 6.04 Å². The first-order valence-electron chi connectivity index (χ1n) is 14.2. The van der Waals surface area contributed by atoms with E-state index >= 15 is 0 Å². The summed E-state index contributed by atoms with van der Waals surface area (Å²) >= 11 is 0. The summed E-state index contributed by atoms with van der Waals surface area (Å²) in [5.74, 6) is 2.09. The molecule has 1 saturated heterocycles. The van der Waals surface area contributed by atoms with Gasteiger partial charge >= 0.3 is 0 Å². The minimum atomic E-state index is 0.456. The van der Waals surface area contributed by atoms with Gasteiger partial charge in [-0.2, -0.15) is 0 Å². The van der Waals surface area contributed by atoms with Gasteiger partial charge in [0.25, 0.3) is 0 Å². The maximum Gasteiger partial charge on any atom is 0.162 e. The second kappa shape index (κ2) is 11.6. The van der Waals surface area contributed by atoms with Gasteiger partial charge in [-0.1, -0.05) is 56.3 Å². The molecule has 1 N–H and O–H groups in total. The summed E-state index contributed by atoms with van der Waals surface area (Å²) < 4.78 is 0. The molecular weight excluding hydrogens is 440 g/mol. The molecule has 3 aromatic rings. The van der Waals surface area contributed by atoms with Gasteiger partial charge in [0.15, 0.2) is 5.82 Å². The molecule has 1 atom stereocenters. The first-order chi connectivity index (χ1) is 17.7. The summed E-state index contributed by atoms with van der Waals surface area (Å²) in [6.45, 7) is 9.82. The lowest BCUT2D eigenvalue weighted by molar-refractivity contribution is 0.462. The van der Waals surface area contributed by atoms with E-state index in [9.17, 15) is 0 Å². The molecule has 0 amide bonds. The van der Waals surface area contributed by atoms with Crippen molar-refractivity contribution in [1.82, 2.24) is 15.3 Å². The minimum Gasteiger partial charge on any atom is -0.356 e. The van der Waals surface area contributed by atoms with Gasteiger partial charge in [-0.3, -0.25) is 0 Å². The van der Waals surface area contributed by atoms with Crippen LogP contribution in [0.2, 0.25) is 0 Å². The van der Waals surface area contributed by atoms with Crippen LogP contribution < -0.4 is 10.2 Å². The largest absolute Gasteiger partial charge is 0.356 e. The van der Waals surface area contributed by atoms with E-state index in [-0.39, 0.29) is 0 Å². The molecule has 1 aliphatic heterocycles. The molecule has 5 rings (SSSR count). The number of anilines is 1. The van der Waals surface area contributed by atoms with E-state index in [1.54, 1.807) is 0 Å². The summed E-state index contributed by atoms with van der Waals surface area (Å²) in [6, 6.07) is 16.1. The Morgan fingerprint density at radius 2 is 1.64 bits per heavy atom. The Labute approximate surface area is 217 Å². The van der Waals surface area contributed by atoms with E-state index < -0.39 is 0 Å². The maximum absolute atomic E-state index is 5.33. The highest BCUT2D eigenvalue weighted by molar-refractivity contribution is 5.68. The van der Waals surface area contributed by atoms with Gasteiger partial charge in [0.2, 0.25) is 0 Å². The Balaban J connectivity index is 1.45. The smallest absolute Gasteiger partial charge is 0.162 e. The van der Waals surface area contributed by atoms with Crippen molar-refractivity contribution in [3.8, 4) is 11.4 Å². The Kier molecular flexibility index (Phi) is 8.01. The number of benzene rings is 2. The molecule has 0 radical (unpaired) electrons. The van der Waals surface area contributed by atoms with Crippen LogP contribution in [0.5, 0.6) is 0 Å². The summed E-state index contributed by atoms with van der Waals surface area (Å²) in [7, 11) is 0. The van der Waals surface area contributed by atoms with Crippen LogP contribution in [0.4, 0.5) is 5.82 Å². The lowest BCUT2D eigenvalue weighted by Crippen LogP contribution is -2.33. The van der Waals surface area contributed by atoms with Crippen molar-refractivity contribution in [1.29, 1.82) is 0 Å². The van der Waals surface area contributed by atoms with Gasteiger partial charge in [0.05, 0.1) is 0 Å². The molecule has 4 nitrogen and oxygen atoms in total. The summed E-state index contributed by atoms with van der Waals surface area (Å²) in [5.41, 5.74) is 9.43. The second-order valence-electron chi connectivity index (χ2n) is 10.5. The Bertz CT molecular complexity index is 1160. The zero-order valence-corrected chi connectivity index (χ0v) is 22.4. The number of hydrogen-bond acceptors (Lipinski definition) is 4. The van der Waals surface area contributed by atoms with Crippen LogP contribution in [0, 0.1) is 6.92 Å². The third kappa shape index (κ3) is 5.20. The first kappa shape index (κ1) is 25.0. The molecule has 2 aliphatic rings. The highest BCUT2D eigenvalue weighted by atomic mass is 15.2. The number of fused-ring (bicyclic) bond motifs is 1. The number of aromatic nitrogens is 2. The number of rotatable bonds is 8. The highest BCUT2D eigenvalue weighted by Gasteiger charge is 2.23. The molecule has 190 valence electrons. The van der Waals surface area contributed by atoms with E-state index in [1.807, 2.05) is 0 Å². The van der Waals surface area contributed by atoms with Gasteiger partial charge in [-0.25, -0.2) is 9.97 Å². The normalized spacial score (nSPS) is 17.8. The quantitative estimate of drug-likeness (QED) is 0.384. The van der Waals surface area contributed by atoms with Crippen LogP contribution in [0.25, 0.3) is 11.4 Å². The Morgan fingerprint density at radius 3 is 2.39 bits per heavy atom. The Morgan fingerprint density at radius 1 is 0.889 bits per heavy atom. The maximum atomic E-state index is 5.33. The van der Waals surface area contributed by atoms with E-state index in [0.717, 1.165) is 50.4 Å². The standard InChI is InChI=1S/C32H42N4/c1-4-24-14-11-15-25(5-2)30(24)31-34-23(3)27(32(35-31)36-21-9-6-10-22-36)19-20-33-29-18-12-16-26-13-7-8-17-28(26)29/h7-8,11,13-15,17,29,33H,4-6,9-10,12,16,18-22H2,1-3H3/t29-/m0/s1. The lowest BCUT2D eigenvalue weighted by Gasteiger charge is -2.31. The topological polar surface area (TPSA) is 41.1 Å². The fourth-order valence-electron chi connectivity index (χ4n) is 6.22. The van der Waals surface area contributed by atoms with E-state index in [2.05, 4.69) is 73.5 Å². The number of aryl methyl sites for hydroxylation is 4. The molecule has 1 fully saturated rings. The number of hydrogen-bond donors (Lipinski definition) is 1. The molecule has 0 bridgehead atoms. The molecular formula is C32H42N4. The monoisotopic (exact) mass is 482 g/mol. The van der Waals surface area contributed by atoms with Crippen molar-refractivity contribution in [2.45, 2.75) is 84.6 Å². The second-order valence-corrected chi connectivity index (χ2v) is 10.5. The fourth-order valence-corrected chi connectivity index (χ4v) is 6.22. The molecule has 2 heterocycles. The predicted octanol–water partition coefficient (Wildman–Crippen LogP) is 6.78. The van der Waals surface area contributed by atoms with Crippen LogP contribution in [0.3, 0.4) is 0 Å². The van der Waals surface area contributed by atoms with E-state index in [1.165, 1.54) is 77.7 Å². The highest BCUT2D eigenvalue weighted by Crippen LogP contribution is 2.33. The fraction of sp³-hybridized carbons (Fsp3) is 0.500. The zero-order valence-electron chi connectivity index (χ0n) is 22.4. The summed E-state index contributed by atoms with van der Waals surface area (Å²) in [4.78, 5) is 13.0. The number of nitrogens with one attached hydrogen (secondary N) is 1. The van der Waals surface area contributed by atoms with Crippen molar-refractivity contribution < 1.29 is 0 Å². The SMILES string of the molecule is CCc1cccc(CC)c1-c1nc(C)c(CCN[C@H]2CCCc3ccccc32)c(N2CCCCC2)n1. The molecule has 0 unspecified atom stereocenters. The van der Waals surface area contributed by atoms with Crippen molar-refractivity contribution in [2.75, 3.05) is 24.5 Å². The van der Waals surface area contributed by atoms with Crippen LogP contribution >= 0.6 is 0 Å². The van der Waals surface area contributed by atoms with Crippen molar-refractivity contribution in [3.63, 3.8) is 0 Å². The molecule has 4 heteroatoms. The van der Waals surface area contributed by atoms with Crippen LogP contribution in [-0.4, -0.2) is 29.6 Å². The summed E-state index contributed by atoms with van der Waals surface area (Å²) in [6.07, 6.45) is 10.5. The minimum absolute atomic E-state index is 0.456. The van der Waals surface area contributed by atoms with E-state index in [4.69, 9.17) is 9.97 Å². The van der Waals surface area contributed by atoms with Crippen molar-refractivity contribution in [2.24, 2.45) is 0 Å². The van der Waals surface area contributed by atoms with Crippen LogP contribution in [-0.2, 0) is 25.7 Å². The molecule has 2 aromatic carbocycles.